The number of carbonyl (C=O) groups is 1. The fourth-order valence-corrected chi connectivity index (χ4v) is 2.31. The smallest absolute Gasteiger partial charge is 0.333 e. The van der Waals surface area contributed by atoms with Crippen molar-refractivity contribution in [3.8, 4) is 5.75 Å². The third-order valence-electron chi connectivity index (χ3n) is 3.38. The van der Waals surface area contributed by atoms with Gasteiger partial charge in [0.05, 0.1) is 12.8 Å². The molecule has 0 saturated heterocycles. The van der Waals surface area contributed by atoms with E-state index in [-0.39, 0.29) is 6.03 Å². The van der Waals surface area contributed by atoms with E-state index in [0.29, 0.717) is 6.54 Å². The first-order valence-corrected chi connectivity index (χ1v) is 6.76. The van der Waals surface area contributed by atoms with E-state index in [9.17, 15) is 4.79 Å². The Kier molecular flexibility index (Phi) is 3.60. The van der Waals surface area contributed by atoms with Crippen LogP contribution in [-0.2, 0) is 0 Å². The number of benzene rings is 2. The zero-order chi connectivity index (χ0) is 14.7. The molecule has 0 fully saturated rings. The van der Waals surface area contributed by atoms with E-state index in [1.807, 2.05) is 60.7 Å². The maximum atomic E-state index is 12.7. The first kappa shape index (κ1) is 13.2. The van der Waals surface area contributed by atoms with Crippen molar-refractivity contribution in [1.82, 2.24) is 0 Å². The summed E-state index contributed by atoms with van der Waals surface area (Å²) in [5.74, 6) is 0.727. The Morgan fingerprint density at radius 2 is 1.76 bits per heavy atom. The van der Waals surface area contributed by atoms with Gasteiger partial charge in [0.1, 0.15) is 5.75 Å². The number of urea groups is 1. The van der Waals surface area contributed by atoms with Gasteiger partial charge in [-0.15, -0.1) is 0 Å². The largest absolute Gasteiger partial charge is 0.497 e. The van der Waals surface area contributed by atoms with E-state index < -0.39 is 0 Å². The zero-order valence-corrected chi connectivity index (χ0v) is 11.8. The Balaban J connectivity index is 1.92. The molecule has 4 heteroatoms. The molecule has 0 spiro atoms. The van der Waals surface area contributed by atoms with Crippen LogP contribution in [0.2, 0.25) is 0 Å². The Bertz CT molecular complexity index is 668. The molecule has 0 atom stereocenters. The van der Waals surface area contributed by atoms with E-state index in [1.54, 1.807) is 23.1 Å². The highest BCUT2D eigenvalue weighted by molar-refractivity contribution is 6.06. The van der Waals surface area contributed by atoms with Gasteiger partial charge in [-0.3, -0.25) is 9.80 Å². The van der Waals surface area contributed by atoms with Gasteiger partial charge in [-0.2, -0.15) is 0 Å². The van der Waals surface area contributed by atoms with Crippen LogP contribution in [0.1, 0.15) is 0 Å². The van der Waals surface area contributed by atoms with E-state index in [0.717, 1.165) is 17.1 Å². The summed E-state index contributed by atoms with van der Waals surface area (Å²) in [5, 5.41) is 0. The Morgan fingerprint density at radius 1 is 1.00 bits per heavy atom. The maximum Gasteiger partial charge on any atom is 0.333 e. The fourth-order valence-electron chi connectivity index (χ4n) is 2.31. The van der Waals surface area contributed by atoms with Crippen LogP contribution >= 0.6 is 0 Å². The molecule has 106 valence electrons. The van der Waals surface area contributed by atoms with Gasteiger partial charge in [0.2, 0.25) is 0 Å². The summed E-state index contributed by atoms with van der Waals surface area (Å²) in [7, 11) is 1.61. The third-order valence-corrected chi connectivity index (χ3v) is 3.38. The predicted molar refractivity (Wildman–Crippen MR) is 83.8 cm³/mol. The molecule has 21 heavy (non-hydrogen) atoms. The number of rotatable bonds is 3. The van der Waals surface area contributed by atoms with Crippen LogP contribution in [0.4, 0.5) is 16.2 Å². The second kappa shape index (κ2) is 5.71. The molecule has 1 aliphatic rings. The molecular formula is C17H16N2O2. The normalized spacial score (nSPS) is 14.4. The van der Waals surface area contributed by atoms with Crippen molar-refractivity contribution in [2.75, 3.05) is 23.5 Å². The van der Waals surface area contributed by atoms with Crippen LogP contribution in [0.15, 0.2) is 66.9 Å². The van der Waals surface area contributed by atoms with E-state index in [1.165, 1.54) is 0 Å². The predicted octanol–water partition coefficient (Wildman–Crippen LogP) is 3.66. The first-order chi connectivity index (χ1) is 10.3. The van der Waals surface area contributed by atoms with Gasteiger partial charge in [0.25, 0.3) is 0 Å². The summed E-state index contributed by atoms with van der Waals surface area (Å²) in [6.45, 7) is 0.573. The van der Waals surface area contributed by atoms with Crippen LogP contribution in [0.25, 0.3) is 0 Å². The number of nitrogens with zero attached hydrogens (tertiary/aromatic N) is 2. The van der Waals surface area contributed by atoms with Crippen molar-refractivity contribution >= 4 is 17.4 Å². The molecule has 2 aromatic rings. The maximum absolute atomic E-state index is 12.7. The Morgan fingerprint density at radius 3 is 2.52 bits per heavy atom. The lowest BCUT2D eigenvalue weighted by Crippen LogP contribution is -2.44. The van der Waals surface area contributed by atoms with Crippen LogP contribution in [0.5, 0.6) is 5.75 Å². The monoisotopic (exact) mass is 280 g/mol. The minimum atomic E-state index is -0.0723. The summed E-state index contributed by atoms with van der Waals surface area (Å²) in [5.41, 5.74) is 1.68. The number of hydrogen-bond acceptors (Lipinski definition) is 2. The molecule has 0 aliphatic carbocycles. The van der Waals surface area contributed by atoms with E-state index in [2.05, 4.69) is 0 Å². The standard InChI is InChI=1S/C17H16N2O2/c1-21-16-10-5-9-15(13-16)19-12-6-11-18(17(19)20)14-7-3-2-4-8-14/h2-10,12-13H,11H2,1H3. The van der Waals surface area contributed by atoms with Crippen LogP contribution in [0.3, 0.4) is 0 Å². The highest BCUT2D eigenvalue weighted by Crippen LogP contribution is 2.26. The molecule has 2 amide bonds. The van der Waals surface area contributed by atoms with Gasteiger partial charge < -0.3 is 4.74 Å². The molecule has 0 N–H and O–H groups in total. The second-order valence-electron chi connectivity index (χ2n) is 4.68. The lowest BCUT2D eigenvalue weighted by molar-refractivity contribution is 0.253. The van der Waals surface area contributed by atoms with Crippen molar-refractivity contribution in [2.24, 2.45) is 0 Å². The molecule has 0 unspecified atom stereocenters. The first-order valence-electron chi connectivity index (χ1n) is 6.76. The third kappa shape index (κ3) is 2.60. The molecule has 2 aromatic carbocycles. The summed E-state index contributed by atoms with van der Waals surface area (Å²) < 4.78 is 5.22. The number of hydrogen-bond donors (Lipinski definition) is 0. The quantitative estimate of drug-likeness (QED) is 0.859. The Labute approximate surface area is 123 Å². The number of methoxy groups -OCH3 is 1. The number of ether oxygens (including phenoxy) is 1. The van der Waals surface area contributed by atoms with Crippen molar-refractivity contribution in [2.45, 2.75) is 0 Å². The average Bonchev–Trinajstić information content (AvgIpc) is 2.56. The molecule has 0 bridgehead atoms. The summed E-state index contributed by atoms with van der Waals surface area (Å²) in [6.07, 6.45) is 3.77. The number of carbonyl (C=O) groups excluding carboxylic acids is 1. The molecule has 4 nitrogen and oxygen atoms in total. The summed E-state index contributed by atoms with van der Waals surface area (Å²) in [6, 6.07) is 17.0. The number of para-hydroxylation sites is 1. The SMILES string of the molecule is COc1cccc(N2C=CCN(c3ccccc3)C2=O)c1. The van der Waals surface area contributed by atoms with Crippen molar-refractivity contribution in [1.29, 1.82) is 0 Å². The number of anilines is 2. The average molecular weight is 280 g/mol. The van der Waals surface area contributed by atoms with Gasteiger partial charge in [0.15, 0.2) is 0 Å². The van der Waals surface area contributed by atoms with Crippen LogP contribution in [0, 0.1) is 0 Å². The lowest BCUT2D eigenvalue weighted by Gasteiger charge is -2.31. The molecule has 0 aromatic heterocycles. The topological polar surface area (TPSA) is 32.8 Å². The van der Waals surface area contributed by atoms with Gasteiger partial charge in [-0.05, 0) is 30.3 Å². The van der Waals surface area contributed by atoms with Crippen LogP contribution < -0.4 is 14.5 Å². The van der Waals surface area contributed by atoms with Crippen molar-refractivity contribution in [3.05, 3.63) is 66.9 Å². The highest BCUT2D eigenvalue weighted by atomic mass is 16.5. The lowest BCUT2D eigenvalue weighted by atomic mass is 10.2. The van der Waals surface area contributed by atoms with Crippen LogP contribution in [-0.4, -0.2) is 19.7 Å². The van der Waals surface area contributed by atoms with Crippen molar-refractivity contribution < 1.29 is 9.53 Å². The molecule has 3 rings (SSSR count). The highest BCUT2D eigenvalue weighted by Gasteiger charge is 2.24. The van der Waals surface area contributed by atoms with Crippen molar-refractivity contribution in [3.63, 3.8) is 0 Å². The molecule has 1 heterocycles. The number of amides is 2. The van der Waals surface area contributed by atoms with Gasteiger partial charge in [-0.1, -0.05) is 24.3 Å². The van der Waals surface area contributed by atoms with Gasteiger partial charge in [-0.25, -0.2) is 4.79 Å². The van der Waals surface area contributed by atoms with Gasteiger partial charge >= 0.3 is 6.03 Å². The Hall–Kier alpha value is -2.75. The summed E-state index contributed by atoms with van der Waals surface area (Å²) >= 11 is 0. The zero-order valence-electron chi connectivity index (χ0n) is 11.8. The fraction of sp³-hybridized carbons (Fsp3) is 0.118. The molecule has 0 radical (unpaired) electrons. The molecule has 1 aliphatic heterocycles. The molecule has 0 saturated carbocycles. The molecular weight excluding hydrogens is 264 g/mol. The van der Waals surface area contributed by atoms with E-state index in [4.69, 9.17) is 4.74 Å². The minimum Gasteiger partial charge on any atom is -0.497 e. The van der Waals surface area contributed by atoms with E-state index >= 15 is 0 Å². The van der Waals surface area contributed by atoms with Gasteiger partial charge in [0, 0.05) is 24.5 Å². The second-order valence-corrected chi connectivity index (χ2v) is 4.68. The minimum absolute atomic E-state index is 0.0723. The summed E-state index contributed by atoms with van der Waals surface area (Å²) in [4.78, 5) is 16.0.